The Morgan fingerprint density at radius 1 is 1.47 bits per heavy atom. The van der Waals surface area contributed by atoms with Gasteiger partial charge in [-0.05, 0) is 30.9 Å². The topological polar surface area (TPSA) is 37.3 Å². The standard InChI is InChI=1S/C11H12BrFO2/c12-9(11(14)15)6-3-5-8-4-1-2-7-10(8)13/h1-2,4,7,9H,3,5-6H2,(H,14,15). The second-order valence-corrected chi connectivity index (χ2v) is 4.39. The Labute approximate surface area is 96.2 Å². The van der Waals surface area contributed by atoms with E-state index < -0.39 is 10.8 Å². The highest BCUT2D eigenvalue weighted by molar-refractivity contribution is 9.10. The van der Waals surface area contributed by atoms with E-state index in [2.05, 4.69) is 15.9 Å². The molecule has 1 aromatic carbocycles. The molecule has 0 amide bonds. The number of alkyl halides is 1. The molecule has 0 radical (unpaired) electrons. The van der Waals surface area contributed by atoms with E-state index in [4.69, 9.17) is 5.11 Å². The quantitative estimate of drug-likeness (QED) is 0.839. The third-order valence-electron chi connectivity index (χ3n) is 2.13. The van der Waals surface area contributed by atoms with Crippen molar-refractivity contribution in [1.82, 2.24) is 0 Å². The van der Waals surface area contributed by atoms with Crippen LogP contribution in [0.25, 0.3) is 0 Å². The molecule has 0 aliphatic carbocycles. The summed E-state index contributed by atoms with van der Waals surface area (Å²) in [6.45, 7) is 0. The number of hydrogen-bond donors (Lipinski definition) is 1. The Morgan fingerprint density at radius 2 is 2.13 bits per heavy atom. The van der Waals surface area contributed by atoms with Crippen molar-refractivity contribution < 1.29 is 14.3 Å². The van der Waals surface area contributed by atoms with Gasteiger partial charge in [0.05, 0.1) is 0 Å². The number of aryl methyl sites for hydroxylation is 1. The zero-order valence-electron chi connectivity index (χ0n) is 8.12. The van der Waals surface area contributed by atoms with Crippen molar-refractivity contribution in [1.29, 1.82) is 0 Å². The van der Waals surface area contributed by atoms with Gasteiger partial charge in [-0.3, -0.25) is 4.79 Å². The lowest BCUT2D eigenvalue weighted by atomic mass is 10.1. The minimum absolute atomic E-state index is 0.223. The van der Waals surface area contributed by atoms with Crippen LogP contribution in [0.15, 0.2) is 24.3 Å². The Morgan fingerprint density at radius 3 is 2.73 bits per heavy atom. The molecule has 0 heterocycles. The van der Waals surface area contributed by atoms with Gasteiger partial charge in [-0.15, -0.1) is 0 Å². The van der Waals surface area contributed by atoms with Crippen molar-refractivity contribution in [2.75, 3.05) is 0 Å². The Hall–Kier alpha value is -0.900. The highest BCUT2D eigenvalue weighted by Crippen LogP contribution is 2.14. The van der Waals surface area contributed by atoms with Crippen molar-refractivity contribution in [3.63, 3.8) is 0 Å². The van der Waals surface area contributed by atoms with E-state index in [0.29, 0.717) is 24.8 Å². The number of aliphatic carboxylic acids is 1. The van der Waals surface area contributed by atoms with Crippen LogP contribution in [0.4, 0.5) is 4.39 Å². The van der Waals surface area contributed by atoms with Crippen LogP contribution >= 0.6 is 15.9 Å². The lowest BCUT2D eigenvalue weighted by Gasteiger charge is -2.05. The Kier molecular flexibility index (Phi) is 4.75. The number of rotatable bonds is 5. The normalized spacial score (nSPS) is 12.4. The molecule has 4 heteroatoms. The maximum absolute atomic E-state index is 13.1. The van der Waals surface area contributed by atoms with Crippen LogP contribution in [-0.2, 0) is 11.2 Å². The first-order chi connectivity index (χ1) is 7.11. The van der Waals surface area contributed by atoms with Crippen LogP contribution in [0.1, 0.15) is 18.4 Å². The van der Waals surface area contributed by atoms with Crippen LogP contribution in [0.5, 0.6) is 0 Å². The number of benzene rings is 1. The van der Waals surface area contributed by atoms with Crippen molar-refractivity contribution >= 4 is 21.9 Å². The first-order valence-corrected chi connectivity index (χ1v) is 5.63. The summed E-state index contributed by atoms with van der Waals surface area (Å²) in [6.07, 6.45) is 1.73. The van der Waals surface area contributed by atoms with Gasteiger partial charge < -0.3 is 5.11 Å². The molecule has 1 atom stereocenters. The highest BCUT2D eigenvalue weighted by Gasteiger charge is 2.12. The fraction of sp³-hybridized carbons (Fsp3) is 0.364. The smallest absolute Gasteiger partial charge is 0.317 e. The summed E-state index contributed by atoms with van der Waals surface area (Å²) >= 11 is 3.04. The monoisotopic (exact) mass is 274 g/mol. The van der Waals surface area contributed by atoms with Gasteiger partial charge in [-0.25, -0.2) is 4.39 Å². The zero-order chi connectivity index (χ0) is 11.3. The highest BCUT2D eigenvalue weighted by atomic mass is 79.9. The van der Waals surface area contributed by atoms with Crippen LogP contribution in [-0.4, -0.2) is 15.9 Å². The predicted molar refractivity (Wildman–Crippen MR) is 59.7 cm³/mol. The van der Waals surface area contributed by atoms with Crippen molar-refractivity contribution in [2.24, 2.45) is 0 Å². The molecule has 0 saturated heterocycles. The fourth-order valence-electron chi connectivity index (χ4n) is 1.30. The van der Waals surface area contributed by atoms with Gasteiger partial charge in [-0.2, -0.15) is 0 Å². The predicted octanol–water partition coefficient (Wildman–Crippen LogP) is 3.00. The van der Waals surface area contributed by atoms with Gasteiger partial charge in [-0.1, -0.05) is 34.1 Å². The van der Waals surface area contributed by atoms with Gasteiger partial charge in [0.1, 0.15) is 10.6 Å². The molecule has 1 rings (SSSR count). The van der Waals surface area contributed by atoms with Crippen LogP contribution in [0.3, 0.4) is 0 Å². The van der Waals surface area contributed by atoms with Gasteiger partial charge >= 0.3 is 5.97 Å². The van der Waals surface area contributed by atoms with Gasteiger partial charge in [0.25, 0.3) is 0 Å². The van der Waals surface area contributed by atoms with Gasteiger partial charge in [0.2, 0.25) is 0 Å². The average Bonchev–Trinajstić information content (AvgIpc) is 2.20. The molecule has 15 heavy (non-hydrogen) atoms. The molecule has 0 saturated carbocycles. The van der Waals surface area contributed by atoms with E-state index in [1.54, 1.807) is 18.2 Å². The summed E-state index contributed by atoms with van der Waals surface area (Å²) < 4.78 is 13.1. The number of carbonyl (C=O) groups is 1. The molecule has 1 aromatic rings. The van der Waals surface area contributed by atoms with Crippen molar-refractivity contribution in [2.45, 2.75) is 24.1 Å². The summed E-state index contributed by atoms with van der Waals surface area (Å²) in [6, 6.07) is 6.56. The molecular formula is C11H12BrFO2. The van der Waals surface area contributed by atoms with E-state index in [9.17, 15) is 9.18 Å². The summed E-state index contributed by atoms with van der Waals surface area (Å²) in [5.41, 5.74) is 0.641. The van der Waals surface area contributed by atoms with Crippen LogP contribution in [0.2, 0.25) is 0 Å². The Balaban J connectivity index is 2.38. The molecule has 0 fully saturated rings. The first kappa shape index (κ1) is 12.2. The largest absolute Gasteiger partial charge is 0.480 e. The van der Waals surface area contributed by atoms with E-state index in [0.717, 1.165) is 0 Å². The summed E-state index contributed by atoms with van der Waals surface area (Å²) in [5.74, 6) is -1.09. The van der Waals surface area contributed by atoms with Gasteiger partial charge in [0.15, 0.2) is 0 Å². The zero-order valence-corrected chi connectivity index (χ0v) is 9.71. The summed E-state index contributed by atoms with van der Waals surface area (Å²) in [5, 5.41) is 8.61. The summed E-state index contributed by atoms with van der Waals surface area (Å²) in [4.78, 5) is 9.95. The Bertz CT molecular complexity index is 341. The van der Waals surface area contributed by atoms with Gasteiger partial charge in [0, 0.05) is 0 Å². The molecule has 2 nitrogen and oxygen atoms in total. The maximum atomic E-state index is 13.1. The molecule has 0 aliphatic rings. The molecule has 1 N–H and O–H groups in total. The lowest BCUT2D eigenvalue weighted by molar-refractivity contribution is -0.136. The van der Waals surface area contributed by atoms with Crippen LogP contribution < -0.4 is 0 Å². The SMILES string of the molecule is O=C(O)C(Br)CCCc1ccccc1F. The number of hydrogen-bond acceptors (Lipinski definition) is 1. The molecule has 0 aromatic heterocycles. The second kappa shape index (κ2) is 5.85. The maximum Gasteiger partial charge on any atom is 0.317 e. The molecule has 0 spiro atoms. The van der Waals surface area contributed by atoms with Crippen LogP contribution in [0, 0.1) is 5.82 Å². The first-order valence-electron chi connectivity index (χ1n) is 4.71. The number of halogens is 2. The van der Waals surface area contributed by atoms with E-state index >= 15 is 0 Å². The average molecular weight is 275 g/mol. The van der Waals surface area contributed by atoms with E-state index in [1.807, 2.05) is 0 Å². The number of carboxylic acids is 1. The number of carboxylic acid groups (broad SMARTS) is 1. The minimum Gasteiger partial charge on any atom is -0.480 e. The molecule has 0 aliphatic heterocycles. The third kappa shape index (κ3) is 4.00. The fourth-order valence-corrected chi connectivity index (χ4v) is 1.62. The van der Waals surface area contributed by atoms with E-state index in [-0.39, 0.29) is 5.82 Å². The minimum atomic E-state index is -0.872. The molecular weight excluding hydrogens is 263 g/mol. The van der Waals surface area contributed by atoms with Crippen molar-refractivity contribution in [3.8, 4) is 0 Å². The molecule has 82 valence electrons. The van der Waals surface area contributed by atoms with Crippen molar-refractivity contribution in [3.05, 3.63) is 35.6 Å². The molecule has 1 unspecified atom stereocenters. The summed E-state index contributed by atoms with van der Waals surface area (Å²) in [7, 11) is 0. The lowest BCUT2D eigenvalue weighted by Crippen LogP contribution is -2.12. The second-order valence-electron chi connectivity index (χ2n) is 3.29. The molecule has 0 bridgehead atoms. The van der Waals surface area contributed by atoms with E-state index in [1.165, 1.54) is 6.07 Å². The third-order valence-corrected chi connectivity index (χ3v) is 2.98.